The summed E-state index contributed by atoms with van der Waals surface area (Å²) in [5.41, 5.74) is 14.0. The summed E-state index contributed by atoms with van der Waals surface area (Å²) in [4.78, 5) is 52.2. The van der Waals surface area contributed by atoms with Crippen molar-refractivity contribution in [2.45, 2.75) is 26.3 Å². The van der Waals surface area contributed by atoms with Gasteiger partial charge >= 0.3 is 0 Å². The molecule has 2 fully saturated rings. The van der Waals surface area contributed by atoms with Crippen LogP contribution in [-0.2, 0) is 22.5 Å². The van der Waals surface area contributed by atoms with E-state index in [1.54, 1.807) is 19.3 Å². The first-order chi connectivity index (χ1) is 24.4. The van der Waals surface area contributed by atoms with Gasteiger partial charge in [0.1, 0.15) is 0 Å². The van der Waals surface area contributed by atoms with Gasteiger partial charge in [0, 0.05) is 101 Å². The van der Waals surface area contributed by atoms with Crippen molar-refractivity contribution in [2.24, 2.45) is 0 Å². The van der Waals surface area contributed by atoms with E-state index < -0.39 is 0 Å². The topological polar surface area (TPSA) is 138 Å². The van der Waals surface area contributed by atoms with Crippen LogP contribution in [0.3, 0.4) is 0 Å². The molecular weight excluding hydrogens is 632 g/mol. The molecule has 3 aliphatic rings. The third-order valence-corrected chi connectivity index (χ3v) is 9.84. The fraction of sp³-hybridized carbons (Fsp3) is 0.351. The molecule has 256 valence electrons. The van der Waals surface area contributed by atoms with E-state index in [1.165, 1.54) is 5.56 Å². The van der Waals surface area contributed by atoms with Gasteiger partial charge in [0.05, 0.1) is 24.6 Å². The van der Waals surface area contributed by atoms with Crippen LogP contribution < -0.4 is 15.5 Å². The number of hydrogen-bond acceptors (Lipinski definition) is 10. The Morgan fingerprint density at radius 2 is 1.58 bits per heavy atom. The van der Waals surface area contributed by atoms with Gasteiger partial charge in [-0.25, -0.2) is 19.9 Å². The van der Waals surface area contributed by atoms with Crippen molar-refractivity contribution < 1.29 is 14.3 Å². The zero-order valence-electron chi connectivity index (χ0n) is 28.2. The Labute approximate surface area is 290 Å². The average molecular weight is 673 g/mol. The number of nitrogens with two attached hydrogens (primary N) is 1. The monoisotopic (exact) mass is 672 g/mol. The number of carbonyl (C=O) groups excluding carboxylic acids is 2. The number of piperazine rings is 1. The molecule has 0 unspecified atom stereocenters. The molecule has 5 aromatic rings. The number of nitrogens with zero attached hydrogens (tertiary/aromatic N) is 9. The molecule has 3 aromatic heterocycles. The molecule has 2 saturated heterocycles. The van der Waals surface area contributed by atoms with E-state index in [1.807, 2.05) is 50.7 Å². The van der Waals surface area contributed by atoms with Crippen LogP contribution in [0, 0.1) is 0 Å². The zero-order valence-corrected chi connectivity index (χ0v) is 28.2. The van der Waals surface area contributed by atoms with E-state index in [0.29, 0.717) is 38.4 Å². The number of aromatic nitrogens is 5. The number of morpholine rings is 1. The molecule has 2 N–H and O–H groups in total. The third-order valence-electron chi connectivity index (χ3n) is 9.84. The molecule has 0 bridgehead atoms. The first kappa shape index (κ1) is 31.8. The van der Waals surface area contributed by atoms with Gasteiger partial charge in [-0.1, -0.05) is 18.2 Å². The number of imidazole rings is 1. The summed E-state index contributed by atoms with van der Waals surface area (Å²) < 4.78 is 7.63. The highest BCUT2D eigenvalue weighted by molar-refractivity contribution is 5.95. The second-order valence-electron chi connectivity index (χ2n) is 13.1. The molecule has 3 aliphatic heterocycles. The summed E-state index contributed by atoms with van der Waals surface area (Å²) in [7, 11) is 0. The van der Waals surface area contributed by atoms with Crippen LogP contribution in [0.1, 0.15) is 35.0 Å². The predicted octanol–water partition coefficient (Wildman–Crippen LogP) is 3.53. The first-order valence-corrected chi connectivity index (χ1v) is 17.2. The minimum atomic E-state index is 0.0480. The van der Waals surface area contributed by atoms with E-state index >= 15 is 0 Å². The lowest BCUT2D eigenvalue weighted by atomic mass is 9.95. The molecule has 0 atom stereocenters. The van der Waals surface area contributed by atoms with Crippen LogP contribution in [0.25, 0.3) is 28.0 Å². The molecule has 50 heavy (non-hydrogen) atoms. The van der Waals surface area contributed by atoms with Crippen molar-refractivity contribution >= 4 is 34.9 Å². The van der Waals surface area contributed by atoms with Crippen molar-refractivity contribution in [3.05, 3.63) is 84.1 Å². The van der Waals surface area contributed by atoms with E-state index in [0.717, 1.165) is 90.8 Å². The quantitative estimate of drug-likeness (QED) is 0.285. The lowest BCUT2D eigenvalue weighted by Crippen LogP contribution is -2.48. The summed E-state index contributed by atoms with van der Waals surface area (Å²) >= 11 is 0. The Morgan fingerprint density at radius 3 is 2.32 bits per heavy atom. The minimum absolute atomic E-state index is 0.0480. The van der Waals surface area contributed by atoms with Gasteiger partial charge in [-0.15, -0.1) is 0 Å². The lowest BCUT2D eigenvalue weighted by Gasteiger charge is -2.34. The molecule has 8 rings (SSSR count). The number of rotatable bonds is 6. The smallest absolute Gasteiger partial charge is 0.253 e. The second kappa shape index (κ2) is 13.5. The number of amides is 2. The number of ether oxygens (including phenoxy) is 1. The number of nitrogen functional groups attached to an aromatic ring is 1. The maximum Gasteiger partial charge on any atom is 0.253 e. The number of hydrogen-bond donors (Lipinski definition) is 1. The van der Waals surface area contributed by atoms with Crippen molar-refractivity contribution in [1.82, 2.24) is 34.1 Å². The van der Waals surface area contributed by atoms with Gasteiger partial charge in [-0.3, -0.25) is 14.5 Å². The maximum atomic E-state index is 13.5. The third kappa shape index (κ3) is 6.37. The van der Waals surface area contributed by atoms with E-state index in [4.69, 9.17) is 20.4 Å². The van der Waals surface area contributed by atoms with Gasteiger partial charge in [0.2, 0.25) is 11.9 Å². The summed E-state index contributed by atoms with van der Waals surface area (Å²) in [5.74, 6) is 1.15. The number of benzene rings is 2. The Hall–Kier alpha value is -5.40. The Bertz CT molecular complexity index is 2030. The minimum Gasteiger partial charge on any atom is -0.378 e. The highest BCUT2D eigenvalue weighted by Crippen LogP contribution is 2.32. The van der Waals surface area contributed by atoms with Crippen LogP contribution in [0.5, 0.6) is 0 Å². The number of carbonyl (C=O) groups is 2. The maximum absolute atomic E-state index is 13.5. The van der Waals surface area contributed by atoms with Gasteiger partial charge in [-0.05, 0) is 53.8 Å². The van der Waals surface area contributed by atoms with Crippen LogP contribution in [0.15, 0.2) is 67.3 Å². The predicted molar refractivity (Wildman–Crippen MR) is 191 cm³/mol. The molecule has 0 saturated carbocycles. The fourth-order valence-electron chi connectivity index (χ4n) is 7.14. The van der Waals surface area contributed by atoms with E-state index in [-0.39, 0.29) is 17.8 Å². The van der Waals surface area contributed by atoms with Crippen LogP contribution >= 0.6 is 0 Å². The van der Waals surface area contributed by atoms with E-state index in [9.17, 15) is 9.59 Å². The summed E-state index contributed by atoms with van der Waals surface area (Å²) in [5, 5.41) is 0. The summed E-state index contributed by atoms with van der Waals surface area (Å²) in [6.45, 7) is 8.62. The largest absolute Gasteiger partial charge is 0.378 e. The molecule has 0 spiro atoms. The van der Waals surface area contributed by atoms with Crippen molar-refractivity contribution in [2.75, 3.05) is 74.6 Å². The van der Waals surface area contributed by atoms with Gasteiger partial charge in [0.25, 0.3) is 5.91 Å². The number of anilines is 3. The molecule has 6 heterocycles. The Balaban J connectivity index is 0.930. The summed E-state index contributed by atoms with van der Waals surface area (Å²) in [6, 6.07) is 14.2. The van der Waals surface area contributed by atoms with Gasteiger partial charge in [-0.2, -0.15) is 0 Å². The summed E-state index contributed by atoms with van der Waals surface area (Å²) in [6.07, 6.45) is 9.31. The van der Waals surface area contributed by atoms with Crippen LogP contribution in [0.2, 0.25) is 0 Å². The number of fused-ring (bicyclic) bond motifs is 2. The number of aryl methyl sites for hydroxylation is 1. The van der Waals surface area contributed by atoms with Crippen molar-refractivity contribution in [3.8, 4) is 22.4 Å². The molecule has 2 aromatic carbocycles. The fourth-order valence-corrected chi connectivity index (χ4v) is 7.14. The normalized spacial score (nSPS) is 16.9. The SMILES string of the molecule is CC(=O)N1CCCc2cc(-c3ccc(C(=O)N4CCN(Cc5cn6cc(-c7cnc(N)nc7)nc(N7CCOCC7)c6n5)CC4)cc3)ccc21. The van der Waals surface area contributed by atoms with Gasteiger partial charge < -0.3 is 29.6 Å². The van der Waals surface area contributed by atoms with Crippen LogP contribution in [-0.4, -0.2) is 105 Å². The Kier molecular flexibility index (Phi) is 8.59. The van der Waals surface area contributed by atoms with Crippen LogP contribution in [0.4, 0.5) is 17.5 Å². The van der Waals surface area contributed by atoms with Crippen molar-refractivity contribution in [1.29, 1.82) is 0 Å². The standard InChI is InChI=1S/C37H40N10O3/c1-25(48)47-10-2-3-29-19-28(8-9-33(29)47)26-4-6-27(7-5-26)36(49)45-13-11-43(12-14-45)22-31-23-46-24-32(30-20-39-37(38)40-21-30)42-35(34(46)41-31)44-15-17-50-18-16-44/h4-9,19-21,23-24H,2-3,10-18,22H2,1H3,(H2,38,39,40). The first-order valence-electron chi connectivity index (χ1n) is 17.2. The lowest BCUT2D eigenvalue weighted by molar-refractivity contribution is -0.116. The molecule has 0 radical (unpaired) electrons. The highest BCUT2D eigenvalue weighted by atomic mass is 16.5. The molecule has 0 aliphatic carbocycles. The van der Waals surface area contributed by atoms with Gasteiger partial charge in [0.15, 0.2) is 11.5 Å². The average Bonchev–Trinajstić information content (AvgIpc) is 3.57. The highest BCUT2D eigenvalue weighted by Gasteiger charge is 2.25. The zero-order chi connectivity index (χ0) is 34.2. The molecule has 2 amide bonds. The van der Waals surface area contributed by atoms with E-state index in [2.05, 4.69) is 38.1 Å². The Morgan fingerprint density at radius 1 is 0.840 bits per heavy atom. The molecule has 13 heteroatoms. The molecule has 13 nitrogen and oxygen atoms in total. The molecular formula is C37H40N10O3. The van der Waals surface area contributed by atoms with Crippen molar-refractivity contribution in [3.63, 3.8) is 0 Å². The second-order valence-corrected chi connectivity index (χ2v) is 13.1.